The molecule has 1 aliphatic heterocycles. The molecule has 0 radical (unpaired) electrons. The minimum absolute atomic E-state index is 0.0434. The molecule has 7 heteroatoms. The molecule has 1 saturated heterocycles. The van der Waals surface area contributed by atoms with E-state index in [0.29, 0.717) is 6.54 Å². The number of carbonyl (C=O) groups is 1. The number of anilines is 2. The van der Waals surface area contributed by atoms with E-state index in [1.54, 1.807) is 4.90 Å². The fourth-order valence-corrected chi connectivity index (χ4v) is 3.00. The lowest BCUT2D eigenvalue weighted by molar-refractivity contribution is 0.0743. The van der Waals surface area contributed by atoms with E-state index in [4.69, 9.17) is 4.74 Å². The number of halogens is 1. The van der Waals surface area contributed by atoms with E-state index in [1.165, 1.54) is 25.3 Å². The highest BCUT2D eigenvalue weighted by Crippen LogP contribution is 2.28. The van der Waals surface area contributed by atoms with Crippen LogP contribution in [0.3, 0.4) is 0 Å². The highest BCUT2D eigenvalue weighted by atomic mass is 19.1. The van der Waals surface area contributed by atoms with Crippen LogP contribution in [0.5, 0.6) is 5.75 Å². The molecule has 0 saturated carbocycles. The first kappa shape index (κ1) is 16.2. The zero-order chi connectivity index (χ0) is 17.4. The van der Waals surface area contributed by atoms with Crippen molar-refractivity contribution in [1.29, 1.82) is 0 Å². The molecule has 1 aliphatic rings. The maximum atomic E-state index is 14.7. The molecule has 0 aliphatic carbocycles. The van der Waals surface area contributed by atoms with Crippen molar-refractivity contribution in [2.24, 2.45) is 0 Å². The van der Waals surface area contributed by atoms with Crippen LogP contribution in [0.15, 0.2) is 27.8 Å². The number of hydrogen-bond donors (Lipinski definition) is 1. The first-order chi connectivity index (χ1) is 11.5. The summed E-state index contributed by atoms with van der Waals surface area (Å²) in [5, 5.41) is 2.56. The van der Waals surface area contributed by atoms with Crippen LogP contribution in [0.2, 0.25) is 0 Å². The molecule has 1 amide bonds. The number of benzene rings is 1. The third kappa shape index (κ3) is 2.46. The first-order valence-electron chi connectivity index (χ1n) is 7.69. The molecule has 6 nitrogen and oxygen atoms in total. The smallest absolute Gasteiger partial charge is 0.272 e. The second-order valence-electron chi connectivity index (χ2n) is 5.85. The molecule has 1 atom stereocenters. The van der Waals surface area contributed by atoms with Crippen molar-refractivity contribution in [2.45, 2.75) is 25.8 Å². The van der Waals surface area contributed by atoms with Crippen LogP contribution in [0.4, 0.5) is 15.8 Å². The Balaban J connectivity index is 1.91. The lowest BCUT2D eigenvalue weighted by Crippen LogP contribution is -2.35. The van der Waals surface area contributed by atoms with Crippen LogP contribution < -0.4 is 20.9 Å². The SMILES string of the molecule is COc1c(Nc2cccc(C(=O)N3CCC[C@@H]3C)c2F)c(=O)c1=O. The maximum Gasteiger partial charge on any atom is 0.272 e. The van der Waals surface area contributed by atoms with Crippen molar-refractivity contribution < 1.29 is 13.9 Å². The zero-order valence-electron chi connectivity index (χ0n) is 13.4. The van der Waals surface area contributed by atoms with E-state index in [1.807, 2.05) is 6.92 Å². The summed E-state index contributed by atoms with van der Waals surface area (Å²) < 4.78 is 19.5. The van der Waals surface area contributed by atoms with Crippen LogP contribution in [-0.2, 0) is 0 Å². The predicted octanol–water partition coefficient (Wildman–Crippen LogP) is 1.80. The summed E-state index contributed by atoms with van der Waals surface area (Å²) >= 11 is 0. The van der Waals surface area contributed by atoms with Gasteiger partial charge in [-0.25, -0.2) is 4.39 Å². The molecule has 1 fully saturated rings. The number of nitrogens with zero attached hydrogens (tertiary/aromatic N) is 1. The van der Waals surface area contributed by atoms with Gasteiger partial charge in [0.15, 0.2) is 11.6 Å². The summed E-state index contributed by atoms with van der Waals surface area (Å²) in [6.45, 7) is 2.53. The molecule has 0 aromatic heterocycles. The fourth-order valence-electron chi connectivity index (χ4n) is 3.00. The Labute approximate surface area is 137 Å². The molecule has 1 heterocycles. The van der Waals surface area contributed by atoms with Gasteiger partial charge in [-0.3, -0.25) is 14.4 Å². The molecule has 0 bridgehead atoms. The minimum Gasteiger partial charge on any atom is -0.491 e. The van der Waals surface area contributed by atoms with Crippen LogP contribution in [0, 0.1) is 5.82 Å². The van der Waals surface area contributed by atoms with Gasteiger partial charge in [-0.05, 0) is 31.9 Å². The summed E-state index contributed by atoms with van der Waals surface area (Å²) in [4.78, 5) is 37.1. The van der Waals surface area contributed by atoms with E-state index in [9.17, 15) is 18.8 Å². The molecule has 2 aromatic carbocycles. The van der Waals surface area contributed by atoms with Crippen LogP contribution >= 0.6 is 0 Å². The van der Waals surface area contributed by atoms with Gasteiger partial charge in [-0.1, -0.05) is 6.07 Å². The lowest BCUT2D eigenvalue weighted by Gasteiger charge is -2.22. The number of amides is 1. The largest absolute Gasteiger partial charge is 0.491 e. The standard InChI is InChI=1S/C17H17FN2O4/c1-9-5-4-8-20(9)17(23)10-6-3-7-11(12(10)18)19-13-14(21)15(22)16(13)24-2/h3,6-7,9,19H,4-5,8H2,1-2H3/t9-/m0/s1. The Kier molecular flexibility index (Phi) is 4.09. The number of hydrogen-bond acceptors (Lipinski definition) is 5. The molecule has 2 aromatic rings. The summed E-state index contributed by atoms with van der Waals surface area (Å²) in [6.07, 6.45) is 1.79. The van der Waals surface area contributed by atoms with Crippen LogP contribution in [0.25, 0.3) is 0 Å². The minimum atomic E-state index is -0.767. The van der Waals surface area contributed by atoms with Gasteiger partial charge in [0.2, 0.25) is 0 Å². The molecular weight excluding hydrogens is 315 g/mol. The molecule has 24 heavy (non-hydrogen) atoms. The van der Waals surface area contributed by atoms with Crippen LogP contribution in [0.1, 0.15) is 30.1 Å². The predicted molar refractivity (Wildman–Crippen MR) is 87.3 cm³/mol. The molecule has 0 unspecified atom stereocenters. The number of rotatable bonds is 4. The Morgan fingerprint density at radius 3 is 2.71 bits per heavy atom. The highest BCUT2D eigenvalue weighted by Gasteiger charge is 2.29. The van der Waals surface area contributed by atoms with Gasteiger partial charge in [0.05, 0.1) is 18.4 Å². The Morgan fingerprint density at radius 2 is 2.08 bits per heavy atom. The van der Waals surface area contributed by atoms with Crippen molar-refractivity contribution >= 4 is 17.3 Å². The number of ether oxygens (including phenoxy) is 1. The fraction of sp³-hybridized carbons (Fsp3) is 0.353. The molecule has 0 spiro atoms. The van der Waals surface area contributed by atoms with E-state index >= 15 is 0 Å². The van der Waals surface area contributed by atoms with E-state index in [2.05, 4.69) is 5.32 Å². The van der Waals surface area contributed by atoms with Crippen molar-refractivity contribution in [2.75, 3.05) is 19.0 Å². The second kappa shape index (κ2) is 6.07. The van der Waals surface area contributed by atoms with Gasteiger partial charge in [0.25, 0.3) is 16.8 Å². The quantitative estimate of drug-likeness (QED) is 0.864. The third-order valence-corrected chi connectivity index (χ3v) is 4.37. The van der Waals surface area contributed by atoms with Gasteiger partial charge < -0.3 is 15.0 Å². The van der Waals surface area contributed by atoms with Crippen molar-refractivity contribution in [3.63, 3.8) is 0 Å². The number of methoxy groups -OCH3 is 1. The second-order valence-corrected chi connectivity index (χ2v) is 5.85. The van der Waals surface area contributed by atoms with Gasteiger partial charge >= 0.3 is 0 Å². The summed E-state index contributed by atoms with van der Waals surface area (Å²) in [5.74, 6) is -1.26. The Morgan fingerprint density at radius 1 is 1.33 bits per heavy atom. The maximum absolute atomic E-state index is 14.7. The topological polar surface area (TPSA) is 75.7 Å². The van der Waals surface area contributed by atoms with Gasteiger partial charge in [-0.2, -0.15) is 0 Å². The van der Waals surface area contributed by atoms with Crippen molar-refractivity contribution in [3.8, 4) is 5.75 Å². The lowest BCUT2D eigenvalue weighted by atomic mass is 10.1. The summed E-state index contributed by atoms with van der Waals surface area (Å²) in [6, 6.07) is 4.41. The van der Waals surface area contributed by atoms with E-state index in [-0.39, 0.29) is 34.6 Å². The molecule has 3 rings (SSSR count). The van der Waals surface area contributed by atoms with Crippen LogP contribution in [-0.4, -0.2) is 30.5 Å². The normalized spacial score (nSPS) is 17.3. The number of carbonyl (C=O) groups excluding carboxylic acids is 1. The average molecular weight is 332 g/mol. The Bertz CT molecular complexity index is 870. The van der Waals surface area contributed by atoms with E-state index in [0.717, 1.165) is 12.8 Å². The number of nitrogens with one attached hydrogen (secondary N) is 1. The van der Waals surface area contributed by atoms with E-state index < -0.39 is 16.7 Å². The summed E-state index contributed by atoms with van der Waals surface area (Å²) in [7, 11) is 1.26. The van der Waals surface area contributed by atoms with Crippen molar-refractivity contribution in [3.05, 3.63) is 50.0 Å². The molecule has 1 N–H and O–H groups in total. The van der Waals surface area contributed by atoms with Gasteiger partial charge in [-0.15, -0.1) is 0 Å². The van der Waals surface area contributed by atoms with Gasteiger partial charge in [0.1, 0.15) is 5.69 Å². The zero-order valence-corrected chi connectivity index (χ0v) is 13.4. The molecular formula is C17H17FN2O4. The van der Waals surface area contributed by atoms with Crippen molar-refractivity contribution in [1.82, 2.24) is 4.90 Å². The summed E-state index contributed by atoms with van der Waals surface area (Å²) in [5.41, 5.74) is -1.72. The van der Waals surface area contributed by atoms with Gasteiger partial charge in [0, 0.05) is 12.6 Å². The average Bonchev–Trinajstić information content (AvgIpc) is 3.01. The molecule has 126 valence electrons. The third-order valence-electron chi connectivity index (χ3n) is 4.37. The monoisotopic (exact) mass is 332 g/mol. The highest BCUT2D eigenvalue weighted by molar-refractivity contribution is 5.96. The first-order valence-corrected chi connectivity index (χ1v) is 7.69. The Hall–Kier alpha value is -2.70. The number of likely N-dealkylation sites (tertiary alicyclic amines) is 1.